The van der Waals surface area contributed by atoms with Crippen LogP contribution in [0.25, 0.3) is 0 Å². The van der Waals surface area contributed by atoms with Gasteiger partial charge >= 0.3 is 5.97 Å². The van der Waals surface area contributed by atoms with Crippen LogP contribution >= 0.6 is 0 Å². The van der Waals surface area contributed by atoms with Crippen molar-refractivity contribution in [1.82, 2.24) is 9.97 Å². The number of nitrogens with zero attached hydrogens (tertiary/aromatic N) is 2. The van der Waals surface area contributed by atoms with E-state index in [0.29, 0.717) is 11.6 Å². The molecule has 110 valence electrons. The lowest BCUT2D eigenvalue weighted by Crippen LogP contribution is -2.32. The largest absolute Gasteiger partial charge is 0.478 e. The van der Waals surface area contributed by atoms with E-state index in [1.807, 2.05) is 0 Å². The number of carboxylic acids is 1. The van der Waals surface area contributed by atoms with Gasteiger partial charge in [0.1, 0.15) is 11.9 Å². The monoisotopic (exact) mass is 278 g/mol. The van der Waals surface area contributed by atoms with Gasteiger partial charge in [0.25, 0.3) is 0 Å². The highest BCUT2D eigenvalue weighted by Gasteiger charge is 2.32. The van der Waals surface area contributed by atoms with Gasteiger partial charge in [-0.3, -0.25) is 0 Å². The molecular weight excluding hydrogens is 256 g/mol. The lowest BCUT2D eigenvalue weighted by molar-refractivity contribution is -0.0330. The van der Waals surface area contributed by atoms with Crippen molar-refractivity contribution in [3.63, 3.8) is 0 Å². The Hall–Kier alpha value is -1.49. The van der Waals surface area contributed by atoms with Crippen molar-refractivity contribution in [1.29, 1.82) is 0 Å². The lowest BCUT2D eigenvalue weighted by Gasteiger charge is -2.38. The van der Waals surface area contributed by atoms with Crippen LogP contribution in [0.1, 0.15) is 56.1 Å². The minimum atomic E-state index is -1.01. The normalized spacial score (nSPS) is 25.4. The molecule has 0 aromatic carbocycles. The zero-order chi connectivity index (χ0) is 14.8. The van der Waals surface area contributed by atoms with Crippen LogP contribution in [-0.4, -0.2) is 27.1 Å². The molecule has 1 N–H and O–H groups in total. The van der Waals surface area contributed by atoms with Crippen molar-refractivity contribution in [2.24, 2.45) is 11.3 Å². The number of rotatable bonds is 4. The Kier molecular flexibility index (Phi) is 4.38. The maximum Gasteiger partial charge on any atom is 0.339 e. The van der Waals surface area contributed by atoms with Crippen molar-refractivity contribution in [3.8, 4) is 0 Å². The standard InChI is InChI=1S/C15H22N2O3/c1-10-4-11(6-15(2,3)5-10)20-8-13-12(14(18)19)7-16-9-17-13/h7,9-11H,4-6,8H2,1-3H3,(H,18,19). The highest BCUT2D eigenvalue weighted by Crippen LogP contribution is 2.39. The molecule has 1 aromatic heterocycles. The maximum atomic E-state index is 11.1. The molecular formula is C15H22N2O3. The smallest absolute Gasteiger partial charge is 0.339 e. The average molecular weight is 278 g/mol. The number of aromatic carboxylic acids is 1. The van der Waals surface area contributed by atoms with Crippen LogP contribution in [-0.2, 0) is 11.3 Å². The maximum absolute atomic E-state index is 11.1. The van der Waals surface area contributed by atoms with Gasteiger partial charge in [-0.1, -0.05) is 20.8 Å². The molecule has 20 heavy (non-hydrogen) atoms. The van der Waals surface area contributed by atoms with E-state index in [2.05, 4.69) is 30.7 Å². The van der Waals surface area contributed by atoms with Gasteiger partial charge in [0, 0.05) is 6.20 Å². The molecule has 1 aliphatic rings. The molecule has 2 atom stereocenters. The third kappa shape index (κ3) is 3.76. The highest BCUT2D eigenvalue weighted by atomic mass is 16.5. The summed E-state index contributed by atoms with van der Waals surface area (Å²) < 4.78 is 5.91. The molecule has 1 saturated carbocycles. The summed E-state index contributed by atoms with van der Waals surface area (Å²) in [6.45, 7) is 6.99. The van der Waals surface area contributed by atoms with Gasteiger partial charge in [0.05, 0.1) is 18.4 Å². The Balaban J connectivity index is 2.00. The van der Waals surface area contributed by atoms with Crippen LogP contribution in [0.5, 0.6) is 0 Å². The average Bonchev–Trinajstić information content (AvgIpc) is 2.34. The summed E-state index contributed by atoms with van der Waals surface area (Å²) >= 11 is 0. The first-order valence-electron chi connectivity index (χ1n) is 7.01. The van der Waals surface area contributed by atoms with Crippen LogP contribution in [0.4, 0.5) is 0 Å². The van der Waals surface area contributed by atoms with E-state index in [-0.39, 0.29) is 23.7 Å². The molecule has 0 amide bonds. The van der Waals surface area contributed by atoms with E-state index in [1.165, 1.54) is 18.9 Å². The Bertz CT molecular complexity index is 488. The van der Waals surface area contributed by atoms with Gasteiger partial charge in [0.2, 0.25) is 0 Å². The summed E-state index contributed by atoms with van der Waals surface area (Å²) in [6.07, 6.45) is 6.09. The van der Waals surface area contributed by atoms with Gasteiger partial charge in [-0.25, -0.2) is 14.8 Å². The van der Waals surface area contributed by atoms with Crippen LogP contribution in [0, 0.1) is 11.3 Å². The first-order chi connectivity index (χ1) is 9.37. The van der Waals surface area contributed by atoms with Crippen LogP contribution in [0.3, 0.4) is 0 Å². The predicted molar refractivity (Wildman–Crippen MR) is 74.4 cm³/mol. The number of ether oxygens (including phenoxy) is 1. The minimum absolute atomic E-state index is 0.121. The van der Waals surface area contributed by atoms with Gasteiger partial charge in [-0.2, -0.15) is 0 Å². The second kappa shape index (κ2) is 5.87. The summed E-state index contributed by atoms with van der Waals surface area (Å²) in [5.74, 6) is -0.380. The van der Waals surface area contributed by atoms with Gasteiger partial charge < -0.3 is 9.84 Å². The quantitative estimate of drug-likeness (QED) is 0.916. The zero-order valence-corrected chi connectivity index (χ0v) is 12.3. The van der Waals surface area contributed by atoms with Gasteiger partial charge in [0.15, 0.2) is 0 Å². The third-order valence-electron chi connectivity index (χ3n) is 3.83. The first kappa shape index (κ1) is 14.9. The van der Waals surface area contributed by atoms with E-state index < -0.39 is 5.97 Å². The fourth-order valence-corrected chi connectivity index (χ4v) is 3.23. The molecule has 1 aromatic rings. The summed E-state index contributed by atoms with van der Waals surface area (Å²) in [6, 6.07) is 0. The van der Waals surface area contributed by atoms with Crippen molar-refractivity contribution in [2.45, 2.75) is 52.7 Å². The second-order valence-electron chi connectivity index (χ2n) is 6.53. The SMILES string of the molecule is CC1CC(OCc2ncncc2C(=O)O)CC(C)(C)C1. The Morgan fingerprint density at radius 2 is 2.25 bits per heavy atom. The molecule has 5 heteroatoms. The summed E-state index contributed by atoms with van der Waals surface area (Å²) in [5, 5.41) is 9.09. The minimum Gasteiger partial charge on any atom is -0.478 e. The Morgan fingerprint density at radius 1 is 1.50 bits per heavy atom. The van der Waals surface area contributed by atoms with Crippen LogP contribution < -0.4 is 0 Å². The zero-order valence-electron chi connectivity index (χ0n) is 12.3. The molecule has 1 aliphatic carbocycles. The molecule has 2 rings (SSSR count). The molecule has 1 heterocycles. The van der Waals surface area contributed by atoms with E-state index in [1.54, 1.807) is 0 Å². The summed E-state index contributed by atoms with van der Waals surface area (Å²) in [7, 11) is 0. The fourth-order valence-electron chi connectivity index (χ4n) is 3.23. The Labute approximate surface area is 119 Å². The second-order valence-corrected chi connectivity index (χ2v) is 6.53. The molecule has 2 unspecified atom stereocenters. The van der Waals surface area contributed by atoms with E-state index in [0.717, 1.165) is 12.8 Å². The summed E-state index contributed by atoms with van der Waals surface area (Å²) in [5.41, 5.74) is 0.850. The van der Waals surface area contributed by atoms with E-state index >= 15 is 0 Å². The number of hydrogen-bond acceptors (Lipinski definition) is 4. The van der Waals surface area contributed by atoms with Gasteiger partial charge in [-0.05, 0) is 30.6 Å². The fraction of sp³-hybridized carbons (Fsp3) is 0.667. The van der Waals surface area contributed by atoms with Crippen molar-refractivity contribution >= 4 is 5.97 Å². The van der Waals surface area contributed by atoms with Crippen LogP contribution in [0.2, 0.25) is 0 Å². The molecule has 0 radical (unpaired) electrons. The molecule has 1 fully saturated rings. The number of carbonyl (C=O) groups is 1. The van der Waals surface area contributed by atoms with Gasteiger partial charge in [-0.15, -0.1) is 0 Å². The highest BCUT2D eigenvalue weighted by molar-refractivity contribution is 5.88. The van der Waals surface area contributed by atoms with Crippen molar-refractivity contribution in [2.75, 3.05) is 0 Å². The number of aromatic nitrogens is 2. The van der Waals surface area contributed by atoms with E-state index in [4.69, 9.17) is 9.84 Å². The number of carboxylic acid groups (broad SMARTS) is 1. The van der Waals surface area contributed by atoms with Crippen molar-refractivity contribution < 1.29 is 14.6 Å². The van der Waals surface area contributed by atoms with Crippen LogP contribution in [0.15, 0.2) is 12.5 Å². The first-order valence-corrected chi connectivity index (χ1v) is 7.01. The molecule has 0 aliphatic heterocycles. The lowest BCUT2D eigenvalue weighted by atomic mass is 9.71. The molecule has 0 bridgehead atoms. The summed E-state index contributed by atoms with van der Waals surface area (Å²) in [4.78, 5) is 18.9. The molecule has 0 spiro atoms. The number of hydrogen-bond donors (Lipinski definition) is 1. The third-order valence-corrected chi connectivity index (χ3v) is 3.83. The topological polar surface area (TPSA) is 72.3 Å². The van der Waals surface area contributed by atoms with E-state index in [9.17, 15) is 4.79 Å². The molecule has 5 nitrogen and oxygen atoms in total. The Morgan fingerprint density at radius 3 is 2.90 bits per heavy atom. The predicted octanol–water partition coefficient (Wildman–Crippen LogP) is 2.91. The molecule has 0 saturated heterocycles. The van der Waals surface area contributed by atoms with Crippen molar-refractivity contribution in [3.05, 3.63) is 23.8 Å².